The fraction of sp³-hybridized carbons (Fsp3) is 0.0513. The first-order chi connectivity index (χ1) is 39.3. The van der Waals surface area contributed by atoms with Gasteiger partial charge < -0.3 is 9.80 Å². The van der Waals surface area contributed by atoms with Gasteiger partial charge in [0.1, 0.15) is 0 Å². The molecule has 0 aliphatic rings. The first kappa shape index (κ1) is 52.1. The molecule has 386 valence electrons. The quantitative estimate of drug-likeness (QED) is 0.0890. The van der Waals surface area contributed by atoms with E-state index in [0.29, 0.717) is 0 Å². The highest BCUT2D eigenvalue weighted by molar-refractivity contribution is 5.93. The lowest BCUT2D eigenvalue weighted by Gasteiger charge is -2.26. The lowest BCUT2D eigenvalue weighted by molar-refractivity contribution is 1.25. The number of anilines is 6. The van der Waals surface area contributed by atoms with Gasteiger partial charge in [0, 0.05) is 34.1 Å². The van der Waals surface area contributed by atoms with E-state index in [1.165, 1.54) is 55.7 Å². The molecule has 0 N–H and O–H groups in total. The van der Waals surface area contributed by atoms with Crippen LogP contribution in [0.1, 0.15) is 77.9 Å². The number of hydrogen-bond donors (Lipinski definition) is 0. The molecule has 2 nitrogen and oxygen atoms in total. The number of benzene rings is 11. The molecule has 11 aromatic rings. The lowest BCUT2D eigenvalue weighted by atomic mass is 9.95. The number of rotatable bonds is 16. The van der Waals surface area contributed by atoms with Crippen LogP contribution in [-0.2, 0) is 0 Å². The Bertz CT molecular complexity index is 3620. The maximum Gasteiger partial charge on any atom is 0.0464 e. The molecule has 0 radical (unpaired) electrons. The van der Waals surface area contributed by atoms with Crippen molar-refractivity contribution in [3.05, 3.63) is 357 Å². The Morgan fingerprint density at radius 3 is 0.800 bits per heavy atom. The van der Waals surface area contributed by atoms with Crippen molar-refractivity contribution in [2.24, 2.45) is 0 Å². The van der Waals surface area contributed by atoms with Crippen LogP contribution in [0.3, 0.4) is 0 Å². The largest absolute Gasteiger partial charge is 0.310 e. The standard InChI is InChI=1S/C78H64N2/c1-57-28-42-75(52-59(57)3)79(73-48-38-65(39-49-73)55-77(67-20-9-5-10-21-67)68-22-11-6-12-23-68)71-44-34-61(35-45-71)30-32-63-18-17-19-64(54-63)33-31-62-36-46-72(47-37-62)80(76-43-29-58(2)60(4)53-76)74-50-40-66(41-51-74)56-78(69-24-13-7-14-25-69)70-26-15-8-16-27-70/h5-56H,1-4H3/b32-30+,33-31+. The second kappa shape index (κ2) is 24.5. The van der Waals surface area contributed by atoms with Crippen molar-refractivity contribution in [1.29, 1.82) is 0 Å². The van der Waals surface area contributed by atoms with Crippen molar-refractivity contribution in [3.63, 3.8) is 0 Å². The highest BCUT2D eigenvalue weighted by atomic mass is 15.1. The van der Waals surface area contributed by atoms with Crippen LogP contribution in [0.2, 0.25) is 0 Å². The van der Waals surface area contributed by atoms with Crippen molar-refractivity contribution < 1.29 is 0 Å². The van der Waals surface area contributed by atoms with Gasteiger partial charge in [-0.2, -0.15) is 0 Å². The van der Waals surface area contributed by atoms with Gasteiger partial charge in [-0.25, -0.2) is 0 Å². The summed E-state index contributed by atoms with van der Waals surface area (Å²) in [6, 6.07) is 100. The van der Waals surface area contributed by atoms with E-state index in [0.717, 1.165) is 67.5 Å². The van der Waals surface area contributed by atoms with Crippen LogP contribution in [0.4, 0.5) is 34.1 Å². The van der Waals surface area contributed by atoms with Crippen molar-refractivity contribution in [2.45, 2.75) is 27.7 Å². The number of hydrogen-bond acceptors (Lipinski definition) is 2. The minimum absolute atomic E-state index is 1.10. The zero-order chi connectivity index (χ0) is 54.6. The second-order valence-corrected chi connectivity index (χ2v) is 20.5. The highest BCUT2D eigenvalue weighted by Gasteiger charge is 2.16. The third-order valence-corrected chi connectivity index (χ3v) is 14.9. The summed E-state index contributed by atoms with van der Waals surface area (Å²) in [7, 11) is 0. The summed E-state index contributed by atoms with van der Waals surface area (Å²) < 4.78 is 0. The van der Waals surface area contributed by atoms with E-state index in [1.54, 1.807) is 0 Å². The molecule has 0 saturated heterocycles. The van der Waals surface area contributed by atoms with Gasteiger partial charge in [-0.3, -0.25) is 0 Å². The summed E-state index contributed by atoms with van der Waals surface area (Å²) >= 11 is 0. The number of nitrogens with zero attached hydrogens (tertiary/aromatic N) is 2. The smallest absolute Gasteiger partial charge is 0.0464 e. The van der Waals surface area contributed by atoms with Crippen molar-refractivity contribution in [3.8, 4) is 0 Å². The molecule has 0 aliphatic heterocycles. The van der Waals surface area contributed by atoms with Crippen LogP contribution in [-0.4, -0.2) is 0 Å². The predicted molar refractivity (Wildman–Crippen MR) is 345 cm³/mol. The maximum atomic E-state index is 2.35. The fourth-order valence-corrected chi connectivity index (χ4v) is 10.2. The monoisotopic (exact) mass is 1030 g/mol. The molecule has 0 saturated carbocycles. The van der Waals surface area contributed by atoms with Crippen molar-refractivity contribution >= 4 is 81.7 Å². The first-order valence-electron chi connectivity index (χ1n) is 27.5. The molecule has 0 spiro atoms. The van der Waals surface area contributed by atoms with Crippen molar-refractivity contribution in [1.82, 2.24) is 0 Å². The van der Waals surface area contributed by atoms with Gasteiger partial charge in [0.2, 0.25) is 0 Å². The van der Waals surface area contributed by atoms with Gasteiger partial charge in [-0.1, -0.05) is 224 Å². The van der Waals surface area contributed by atoms with Gasteiger partial charge in [-0.05, 0) is 208 Å². The third kappa shape index (κ3) is 12.5. The normalized spacial score (nSPS) is 11.2. The van der Waals surface area contributed by atoms with E-state index in [2.05, 4.69) is 353 Å². The Kier molecular flexibility index (Phi) is 16.0. The number of aryl methyl sites for hydroxylation is 4. The Morgan fingerprint density at radius 2 is 0.500 bits per heavy atom. The molecule has 2 heteroatoms. The molecular formula is C78H64N2. The first-order valence-corrected chi connectivity index (χ1v) is 27.5. The average molecular weight is 1030 g/mol. The van der Waals surface area contributed by atoms with E-state index in [4.69, 9.17) is 0 Å². The fourth-order valence-electron chi connectivity index (χ4n) is 10.2. The minimum atomic E-state index is 1.10. The van der Waals surface area contributed by atoms with E-state index >= 15 is 0 Å². The zero-order valence-corrected chi connectivity index (χ0v) is 45.9. The molecule has 11 rings (SSSR count). The van der Waals surface area contributed by atoms with Crippen LogP contribution >= 0.6 is 0 Å². The topological polar surface area (TPSA) is 6.48 Å². The minimum Gasteiger partial charge on any atom is -0.310 e. The summed E-state index contributed by atoms with van der Waals surface area (Å²) in [5.74, 6) is 0. The summed E-state index contributed by atoms with van der Waals surface area (Å²) in [5.41, 5.74) is 25.7. The maximum absolute atomic E-state index is 2.35. The second-order valence-electron chi connectivity index (χ2n) is 20.5. The van der Waals surface area contributed by atoms with Gasteiger partial charge in [-0.15, -0.1) is 0 Å². The van der Waals surface area contributed by atoms with E-state index in [1.807, 2.05) is 0 Å². The molecule has 80 heavy (non-hydrogen) atoms. The zero-order valence-electron chi connectivity index (χ0n) is 45.9. The van der Waals surface area contributed by atoms with Crippen LogP contribution in [0.15, 0.2) is 279 Å². The van der Waals surface area contributed by atoms with Crippen LogP contribution in [0.25, 0.3) is 47.6 Å². The molecule has 0 heterocycles. The summed E-state index contributed by atoms with van der Waals surface area (Å²) in [6.07, 6.45) is 13.4. The van der Waals surface area contributed by atoms with Crippen LogP contribution in [0.5, 0.6) is 0 Å². The molecule has 0 fully saturated rings. The summed E-state index contributed by atoms with van der Waals surface area (Å²) in [4.78, 5) is 4.69. The van der Waals surface area contributed by atoms with Crippen LogP contribution < -0.4 is 9.80 Å². The molecule has 0 aromatic heterocycles. The lowest BCUT2D eigenvalue weighted by Crippen LogP contribution is -2.10. The van der Waals surface area contributed by atoms with Gasteiger partial charge in [0.25, 0.3) is 0 Å². The SMILES string of the molecule is Cc1ccc(N(c2ccc(C=C(c3ccccc3)c3ccccc3)cc2)c2ccc(/C=C/c3cccc(/C=C/c4ccc(N(c5ccc(C=C(c6ccccc6)c6ccccc6)cc5)c5ccc(C)c(C)c5)cc4)c3)cc2)cc1C. The Balaban J connectivity index is 0.800. The predicted octanol–water partition coefficient (Wildman–Crippen LogP) is 21.4. The van der Waals surface area contributed by atoms with E-state index < -0.39 is 0 Å². The molecule has 0 atom stereocenters. The molecule has 0 amide bonds. The summed E-state index contributed by atoms with van der Waals surface area (Å²) in [6.45, 7) is 8.71. The molecule has 0 bridgehead atoms. The molecule has 0 unspecified atom stereocenters. The average Bonchev–Trinajstić information content (AvgIpc) is 3.51. The Hall–Kier alpha value is -10.0. The molecular weight excluding hydrogens is 965 g/mol. The Morgan fingerprint density at radius 1 is 0.225 bits per heavy atom. The third-order valence-electron chi connectivity index (χ3n) is 14.9. The van der Waals surface area contributed by atoms with Gasteiger partial charge >= 0.3 is 0 Å². The Labute approximate surface area is 473 Å². The van der Waals surface area contributed by atoms with Crippen molar-refractivity contribution in [2.75, 3.05) is 9.80 Å². The van der Waals surface area contributed by atoms with E-state index in [9.17, 15) is 0 Å². The molecule has 0 aliphatic carbocycles. The summed E-state index contributed by atoms with van der Waals surface area (Å²) in [5, 5.41) is 0. The molecule has 11 aromatic carbocycles. The van der Waals surface area contributed by atoms with E-state index in [-0.39, 0.29) is 0 Å². The van der Waals surface area contributed by atoms with Crippen LogP contribution in [0, 0.1) is 27.7 Å². The highest BCUT2D eigenvalue weighted by Crippen LogP contribution is 2.39. The van der Waals surface area contributed by atoms with Gasteiger partial charge in [0.15, 0.2) is 0 Å². The van der Waals surface area contributed by atoms with Gasteiger partial charge in [0.05, 0.1) is 0 Å².